The van der Waals surface area contributed by atoms with Gasteiger partial charge < -0.3 is 15.1 Å². The number of nitrogens with zero attached hydrogens (tertiary/aromatic N) is 5. The van der Waals surface area contributed by atoms with Crippen molar-refractivity contribution in [3.8, 4) is 11.3 Å². The first-order valence-corrected chi connectivity index (χ1v) is 12.4. The molecule has 35 heavy (non-hydrogen) atoms. The van der Waals surface area contributed by atoms with E-state index in [2.05, 4.69) is 57.0 Å². The van der Waals surface area contributed by atoms with Crippen LogP contribution in [0, 0.1) is 11.6 Å². The number of aromatic nitrogens is 3. The molecule has 0 bridgehead atoms. The molecule has 0 unspecified atom stereocenters. The highest BCUT2D eigenvalue weighted by Crippen LogP contribution is 2.36. The van der Waals surface area contributed by atoms with Crippen molar-refractivity contribution in [3.63, 3.8) is 0 Å². The van der Waals surface area contributed by atoms with Gasteiger partial charge in [0.1, 0.15) is 17.3 Å². The minimum Gasteiger partial charge on any atom is -0.369 e. The molecule has 5 rings (SSSR count). The van der Waals surface area contributed by atoms with Crippen LogP contribution >= 0.6 is 0 Å². The molecule has 4 heterocycles. The van der Waals surface area contributed by atoms with Gasteiger partial charge in [-0.25, -0.2) is 23.7 Å². The Morgan fingerprint density at radius 3 is 2.51 bits per heavy atom. The normalized spacial score (nSPS) is 17.0. The van der Waals surface area contributed by atoms with E-state index in [1.54, 1.807) is 0 Å². The van der Waals surface area contributed by atoms with Crippen molar-refractivity contribution in [1.82, 2.24) is 19.9 Å². The Bertz CT molecular complexity index is 1190. The zero-order valence-electron chi connectivity index (χ0n) is 20.6. The molecule has 0 saturated carbocycles. The highest BCUT2D eigenvalue weighted by molar-refractivity contribution is 5.71. The Hall–Kier alpha value is -3.13. The van der Waals surface area contributed by atoms with E-state index >= 15 is 4.39 Å². The lowest BCUT2D eigenvalue weighted by Gasteiger charge is -2.35. The van der Waals surface area contributed by atoms with Gasteiger partial charge in [0, 0.05) is 35.6 Å². The van der Waals surface area contributed by atoms with Crippen LogP contribution in [0.25, 0.3) is 11.3 Å². The SMILES string of the molecule is CC(C)N1CCCc2c(F)cc(-c3nc(Nc4ccc(C5CCN(C)CC5)cn4)ncc3F)cc21. The number of likely N-dealkylation sites (tertiary alicyclic amines) is 1. The minimum atomic E-state index is -0.590. The molecule has 0 amide bonds. The highest BCUT2D eigenvalue weighted by Gasteiger charge is 2.24. The zero-order valence-corrected chi connectivity index (χ0v) is 20.6. The first-order chi connectivity index (χ1) is 16.9. The van der Waals surface area contributed by atoms with Crippen LogP contribution in [-0.2, 0) is 6.42 Å². The number of hydrogen-bond donors (Lipinski definition) is 1. The monoisotopic (exact) mass is 478 g/mol. The van der Waals surface area contributed by atoms with Crippen LogP contribution in [-0.4, -0.2) is 52.6 Å². The molecule has 2 aromatic heterocycles. The number of pyridine rings is 1. The van der Waals surface area contributed by atoms with E-state index in [4.69, 9.17) is 0 Å². The third-order valence-electron chi connectivity index (χ3n) is 7.16. The van der Waals surface area contributed by atoms with Crippen LogP contribution in [0.5, 0.6) is 0 Å². The van der Waals surface area contributed by atoms with Crippen molar-refractivity contribution in [2.45, 2.75) is 51.5 Å². The van der Waals surface area contributed by atoms with Crippen LogP contribution < -0.4 is 10.2 Å². The molecule has 1 saturated heterocycles. The fraction of sp³-hybridized carbons (Fsp3) is 0.444. The summed E-state index contributed by atoms with van der Waals surface area (Å²) in [6, 6.07) is 7.43. The van der Waals surface area contributed by atoms with Crippen molar-refractivity contribution in [2.75, 3.05) is 36.9 Å². The van der Waals surface area contributed by atoms with Crippen molar-refractivity contribution in [1.29, 1.82) is 0 Å². The van der Waals surface area contributed by atoms with Gasteiger partial charge in [0.2, 0.25) is 5.95 Å². The van der Waals surface area contributed by atoms with Gasteiger partial charge >= 0.3 is 0 Å². The molecular formula is C27H32F2N6. The standard InChI is InChI=1S/C27H32F2N6/c1-17(2)35-10-4-5-21-22(28)13-20(14-24(21)35)26-23(29)16-31-27(33-26)32-25-7-6-19(15-30-25)18-8-11-34(3)12-9-18/h6-7,13-18H,4-5,8-12H2,1-3H3,(H,30,31,32,33). The van der Waals surface area contributed by atoms with Crippen LogP contribution in [0.2, 0.25) is 0 Å². The van der Waals surface area contributed by atoms with Gasteiger partial charge in [-0.15, -0.1) is 0 Å². The molecule has 184 valence electrons. The molecule has 3 aromatic rings. The third kappa shape index (κ3) is 4.98. The number of rotatable bonds is 5. The van der Waals surface area contributed by atoms with Gasteiger partial charge in [-0.05, 0) is 89.3 Å². The van der Waals surface area contributed by atoms with E-state index in [9.17, 15) is 4.39 Å². The van der Waals surface area contributed by atoms with E-state index in [0.29, 0.717) is 29.3 Å². The maximum Gasteiger partial charge on any atom is 0.229 e. The molecule has 0 spiro atoms. The van der Waals surface area contributed by atoms with E-state index in [0.717, 1.165) is 50.8 Å². The van der Waals surface area contributed by atoms with Crippen LogP contribution in [0.3, 0.4) is 0 Å². The lowest BCUT2D eigenvalue weighted by Crippen LogP contribution is -2.35. The zero-order chi connectivity index (χ0) is 24.5. The van der Waals surface area contributed by atoms with Gasteiger partial charge in [0.25, 0.3) is 0 Å². The fourth-order valence-corrected chi connectivity index (χ4v) is 5.15. The fourth-order valence-electron chi connectivity index (χ4n) is 5.15. The molecule has 2 aliphatic heterocycles. The van der Waals surface area contributed by atoms with Crippen molar-refractivity contribution < 1.29 is 8.78 Å². The van der Waals surface area contributed by atoms with Crippen LogP contribution in [0.1, 0.15) is 50.2 Å². The Morgan fingerprint density at radius 2 is 1.80 bits per heavy atom. The largest absolute Gasteiger partial charge is 0.369 e. The summed E-state index contributed by atoms with van der Waals surface area (Å²) in [5.41, 5.74) is 3.21. The van der Waals surface area contributed by atoms with Gasteiger partial charge in [-0.3, -0.25) is 0 Å². The Kier molecular flexibility index (Phi) is 6.65. The van der Waals surface area contributed by atoms with E-state index < -0.39 is 5.82 Å². The van der Waals surface area contributed by atoms with E-state index in [-0.39, 0.29) is 23.5 Å². The van der Waals surface area contributed by atoms with Crippen molar-refractivity contribution >= 4 is 17.5 Å². The molecular weight excluding hydrogens is 446 g/mol. The lowest BCUT2D eigenvalue weighted by molar-refractivity contribution is 0.255. The maximum absolute atomic E-state index is 15.0. The van der Waals surface area contributed by atoms with Gasteiger partial charge in [-0.2, -0.15) is 0 Å². The molecule has 2 aliphatic rings. The second-order valence-electron chi connectivity index (χ2n) is 9.92. The Balaban J connectivity index is 1.39. The van der Waals surface area contributed by atoms with Crippen LogP contribution in [0.15, 0.2) is 36.7 Å². The van der Waals surface area contributed by atoms with Crippen LogP contribution in [0.4, 0.5) is 26.2 Å². The van der Waals surface area contributed by atoms with E-state index in [1.807, 2.05) is 18.3 Å². The average molecular weight is 479 g/mol. The predicted molar refractivity (Wildman–Crippen MR) is 135 cm³/mol. The summed E-state index contributed by atoms with van der Waals surface area (Å²) in [5.74, 6) is 0.418. The summed E-state index contributed by atoms with van der Waals surface area (Å²) in [4.78, 5) is 17.5. The maximum atomic E-state index is 15.0. The quantitative estimate of drug-likeness (QED) is 0.520. The first kappa shape index (κ1) is 23.6. The van der Waals surface area contributed by atoms with Gasteiger partial charge in [-0.1, -0.05) is 6.07 Å². The second-order valence-corrected chi connectivity index (χ2v) is 9.92. The second kappa shape index (κ2) is 9.85. The number of benzene rings is 1. The molecule has 1 fully saturated rings. The Morgan fingerprint density at radius 1 is 1.00 bits per heavy atom. The topological polar surface area (TPSA) is 57.2 Å². The number of anilines is 3. The number of hydrogen-bond acceptors (Lipinski definition) is 6. The van der Waals surface area contributed by atoms with Gasteiger partial charge in [0.15, 0.2) is 5.82 Å². The molecule has 8 heteroatoms. The first-order valence-electron chi connectivity index (χ1n) is 12.4. The Labute approximate surface area is 205 Å². The summed E-state index contributed by atoms with van der Waals surface area (Å²) in [7, 11) is 2.15. The molecule has 6 nitrogen and oxygen atoms in total. The minimum absolute atomic E-state index is 0.0708. The van der Waals surface area contributed by atoms with Crippen molar-refractivity contribution in [2.24, 2.45) is 0 Å². The number of fused-ring (bicyclic) bond motifs is 1. The molecule has 0 atom stereocenters. The highest BCUT2D eigenvalue weighted by atomic mass is 19.1. The van der Waals surface area contributed by atoms with Gasteiger partial charge in [0.05, 0.1) is 6.20 Å². The number of halogens is 2. The predicted octanol–water partition coefficient (Wildman–Crippen LogP) is 5.53. The number of piperidine rings is 1. The smallest absolute Gasteiger partial charge is 0.229 e. The summed E-state index contributed by atoms with van der Waals surface area (Å²) in [5, 5.41) is 3.07. The molecule has 1 N–H and O–H groups in total. The summed E-state index contributed by atoms with van der Waals surface area (Å²) >= 11 is 0. The van der Waals surface area contributed by atoms with E-state index in [1.165, 1.54) is 11.6 Å². The average Bonchev–Trinajstić information content (AvgIpc) is 2.86. The molecule has 1 aromatic carbocycles. The molecule has 0 aliphatic carbocycles. The summed E-state index contributed by atoms with van der Waals surface area (Å²) in [6.07, 6.45) is 6.85. The molecule has 0 radical (unpaired) electrons. The number of nitrogens with one attached hydrogen (secondary N) is 1. The lowest BCUT2D eigenvalue weighted by atomic mass is 9.91. The third-order valence-corrected chi connectivity index (χ3v) is 7.16. The summed E-state index contributed by atoms with van der Waals surface area (Å²) < 4.78 is 29.8. The van der Waals surface area contributed by atoms with Crippen molar-refractivity contribution in [3.05, 3.63) is 59.4 Å². The summed E-state index contributed by atoms with van der Waals surface area (Å²) in [6.45, 7) is 7.20.